The number of ether oxygens (including phenoxy) is 3. The van der Waals surface area contributed by atoms with Crippen molar-refractivity contribution in [3.8, 4) is 22.8 Å². The Kier molecular flexibility index (Phi) is 25.9. The quantitative estimate of drug-likeness (QED) is 0.0653. The smallest absolute Gasteiger partial charge is 0.310 e. The van der Waals surface area contributed by atoms with E-state index < -0.39 is 6.04 Å². The lowest BCUT2D eigenvalue weighted by atomic mass is 9.98. The largest absolute Gasteiger partial charge is 0.497 e. The summed E-state index contributed by atoms with van der Waals surface area (Å²) in [4.78, 5) is 66.7. The number of amides is 4. The maximum absolute atomic E-state index is 12.3. The number of piperidine rings is 1. The molecule has 1 aliphatic carbocycles. The summed E-state index contributed by atoms with van der Waals surface area (Å²) < 4.78 is 18.5. The maximum atomic E-state index is 12.3. The molecule has 0 radical (unpaired) electrons. The van der Waals surface area contributed by atoms with Crippen molar-refractivity contribution in [2.75, 3.05) is 40.5 Å². The van der Waals surface area contributed by atoms with Gasteiger partial charge >= 0.3 is 5.97 Å². The first-order valence-corrected chi connectivity index (χ1v) is 23.7. The number of fused-ring (bicyclic) bond motifs is 1. The van der Waals surface area contributed by atoms with Crippen LogP contribution in [0, 0.1) is 17.8 Å². The van der Waals surface area contributed by atoms with Gasteiger partial charge in [-0.15, -0.1) is 6.58 Å². The molecule has 13 nitrogen and oxygen atoms in total. The number of aromatic nitrogens is 1. The fraction of sp³-hybridized carbons (Fsp3) is 0.560. The molecule has 2 N–H and O–H groups in total. The van der Waals surface area contributed by atoms with Gasteiger partial charge in [-0.3, -0.25) is 28.7 Å². The van der Waals surface area contributed by atoms with Crippen LogP contribution in [0.15, 0.2) is 67.3 Å². The number of carbonyl (C=O) groups excluding carboxylic acids is 5. The minimum atomic E-state index is -0.522. The monoisotopic (exact) mass is 906 g/mol. The van der Waals surface area contributed by atoms with Crippen LogP contribution in [-0.2, 0) is 28.7 Å². The van der Waals surface area contributed by atoms with Crippen molar-refractivity contribution in [2.45, 2.75) is 124 Å². The lowest BCUT2D eigenvalue weighted by molar-refractivity contribution is -0.151. The number of hydrogen-bond acceptors (Lipinski definition) is 10. The van der Waals surface area contributed by atoms with Crippen molar-refractivity contribution in [1.29, 1.82) is 0 Å². The molecule has 1 saturated carbocycles. The second kappa shape index (κ2) is 30.1. The molecule has 2 saturated heterocycles. The first kappa shape index (κ1) is 55.0. The Bertz CT molecular complexity index is 1890. The molecular formula is C50H75N5O8S. The normalized spacial score (nSPS) is 17.2. The van der Waals surface area contributed by atoms with Gasteiger partial charge < -0.3 is 29.3 Å². The first-order chi connectivity index (χ1) is 30.8. The standard InChI is InChI=1S/C17H28N2O4.C17H15NO2.C10H16N2O2S.C4H10.C2H6/c1-3-23-17(22)14-7-5-10-18(12-14)15(20)8-9-16(21)19-11-4-6-13(19)2;1-19-13-8-9-14-16(10-13)18-15(11-17(14)20-2)12-6-4-3-5-7-12;1-3-7(2)9(11-6-13)10(14)12-15-8-4-5-8;1-4(2)3;1-2/h13-14H,3-12H2,1-2H3;3-11H,1-2H3;3,6-9H,1,4-5H2,2H3,(H,11,13)(H,12,14);4H,1-3H3;1-2H3/t13-,14?;;;;/m1..../s1. The minimum Gasteiger partial charge on any atom is -0.497 e. The van der Waals surface area contributed by atoms with Gasteiger partial charge in [-0.2, -0.15) is 0 Å². The molecule has 14 heteroatoms. The molecule has 3 fully saturated rings. The van der Waals surface area contributed by atoms with Gasteiger partial charge in [0, 0.05) is 72.8 Å². The Hall–Kier alpha value is -5.11. The van der Waals surface area contributed by atoms with E-state index in [0.717, 1.165) is 84.6 Å². The fourth-order valence-corrected chi connectivity index (χ4v) is 7.55. The van der Waals surface area contributed by atoms with Crippen LogP contribution in [0.2, 0.25) is 0 Å². The topological polar surface area (TPSA) is 156 Å². The zero-order valence-electron chi connectivity index (χ0n) is 40.0. The van der Waals surface area contributed by atoms with Gasteiger partial charge in [-0.1, -0.05) is 78.0 Å². The summed E-state index contributed by atoms with van der Waals surface area (Å²) in [6, 6.07) is 17.6. The zero-order chi connectivity index (χ0) is 47.6. The van der Waals surface area contributed by atoms with Crippen LogP contribution < -0.4 is 19.5 Å². The van der Waals surface area contributed by atoms with E-state index >= 15 is 0 Å². The predicted octanol–water partition coefficient (Wildman–Crippen LogP) is 9.04. The van der Waals surface area contributed by atoms with Crippen molar-refractivity contribution in [1.82, 2.24) is 24.8 Å². The molecule has 4 atom stereocenters. The van der Waals surface area contributed by atoms with E-state index in [2.05, 4.69) is 44.3 Å². The number of nitrogens with zero attached hydrogens (tertiary/aromatic N) is 3. The van der Waals surface area contributed by atoms with Crippen molar-refractivity contribution in [2.24, 2.45) is 17.8 Å². The summed E-state index contributed by atoms with van der Waals surface area (Å²) in [5.74, 6) is 1.81. The second-order valence-electron chi connectivity index (χ2n) is 16.3. The Morgan fingerprint density at radius 2 is 1.56 bits per heavy atom. The molecule has 354 valence electrons. The molecule has 64 heavy (non-hydrogen) atoms. The number of hydrogen-bond donors (Lipinski definition) is 2. The summed E-state index contributed by atoms with van der Waals surface area (Å²) in [5.41, 5.74) is 2.82. The van der Waals surface area contributed by atoms with Gasteiger partial charge in [0.1, 0.15) is 17.5 Å². The molecule has 2 aliphatic heterocycles. The number of rotatable bonds is 15. The number of carbonyl (C=O) groups is 5. The van der Waals surface area contributed by atoms with Crippen LogP contribution in [-0.4, -0.2) is 103 Å². The zero-order valence-corrected chi connectivity index (χ0v) is 40.8. The Morgan fingerprint density at radius 1 is 0.906 bits per heavy atom. The maximum Gasteiger partial charge on any atom is 0.310 e. The number of nitrogens with one attached hydrogen (secondary N) is 2. The minimum absolute atomic E-state index is 0.0285. The number of methoxy groups -OCH3 is 2. The van der Waals surface area contributed by atoms with E-state index in [1.165, 1.54) is 11.9 Å². The van der Waals surface area contributed by atoms with Crippen LogP contribution in [0.3, 0.4) is 0 Å². The molecule has 0 spiro atoms. The summed E-state index contributed by atoms with van der Waals surface area (Å²) in [7, 11) is 3.33. The molecule has 4 amide bonds. The summed E-state index contributed by atoms with van der Waals surface area (Å²) in [6.07, 6.45) is 8.71. The fourth-order valence-electron chi connectivity index (χ4n) is 6.77. The van der Waals surface area contributed by atoms with E-state index in [9.17, 15) is 24.0 Å². The molecule has 3 unspecified atom stereocenters. The average molecular weight is 906 g/mol. The summed E-state index contributed by atoms with van der Waals surface area (Å²) >= 11 is 1.44. The third-order valence-corrected chi connectivity index (χ3v) is 11.5. The molecule has 0 bridgehead atoms. The molecule has 2 aromatic carbocycles. The van der Waals surface area contributed by atoms with Gasteiger partial charge in [-0.05, 0) is 82.4 Å². The molecule has 3 aliphatic rings. The van der Waals surface area contributed by atoms with Crippen molar-refractivity contribution < 1.29 is 38.2 Å². The molecule has 3 heterocycles. The van der Waals surface area contributed by atoms with Gasteiger partial charge in [0.25, 0.3) is 5.91 Å². The third kappa shape index (κ3) is 18.9. The number of benzene rings is 2. The molecular weight excluding hydrogens is 831 g/mol. The summed E-state index contributed by atoms with van der Waals surface area (Å²) in [6.45, 7) is 22.1. The van der Waals surface area contributed by atoms with Crippen LogP contribution in [0.5, 0.6) is 11.5 Å². The van der Waals surface area contributed by atoms with E-state index in [1.54, 1.807) is 32.1 Å². The molecule has 6 rings (SSSR count). The highest BCUT2D eigenvalue weighted by atomic mass is 32.2. The number of pyridine rings is 1. The van der Waals surface area contributed by atoms with Gasteiger partial charge in [0.15, 0.2) is 0 Å². The second-order valence-corrected chi connectivity index (χ2v) is 17.4. The van der Waals surface area contributed by atoms with Gasteiger partial charge in [-0.25, -0.2) is 4.98 Å². The number of likely N-dealkylation sites (tertiary alicyclic amines) is 2. The highest BCUT2D eigenvalue weighted by molar-refractivity contribution is 7.98. The molecule has 1 aromatic heterocycles. The van der Waals surface area contributed by atoms with Crippen LogP contribution in [0.1, 0.15) is 107 Å². The van der Waals surface area contributed by atoms with Crippen molar-refractivity contribution >= 4 is 53.0 Å². The average Bonchev–Trinajstić information content (AvgIpc) is 4.05. The summed E-state index contributed by atoms with van der Waals surface area (Å²) in [5, 5.41) is 4.04. The lowest BCUT2D eigenvalue weighted by Gasteiger charge is -2.31. The van der Waals surface area contributed by atoms with E-state index in [4.69, 9.17) is 19.2 Å². The van der Waals surface area contributed by atoms with E-state index in [0.29, 0.717) is 37.4 Å². The van der Waals surface area contributed by atoms with Crippen molar-refractivity contribution in [3.63, 3.8) is 0 Å². The Balaban J connectivity index is 0.000000316. The Labute approximate surface area is 387 Å². The molecule has 3 aromatic rings. The van der Waals surface area contributed by atoms with E-state index in [1.807, 2.05) is 80.3 Å². The lowest BCUT2D eigenvalue weighted by Crippen LogP contribution is -2.45. The van der Waals surface area contributed by atoms with Crippen LogP contribution >= 0.6 is 11.9 Å². The predicted molar refractivity (Wildman–Crippen MR) is 259 cm³/mol. The van der Waals surface area contributed by atoms with E-state index in [-0.39, 0.29) is 48.4 Å². The first-order valence-electron chi connectivity index (χ1n) is 22.9. The Morgan fingerprint density at radius 3 is 2.12 bits per heavy atom. The van der Waals surface area contributed by atoms with Gasteiger partial charge in [0.2, 0.25) is 18.2 Å². The SMILES string of the molecule is C=CC(C)C(NC=O)C(=O)NSC1CC1.CC.CC(C)C.CCOC(=O)C1CCCN(C(=O)CCC(=O)N2CCC[C@H]2C)C1.COc1ccc2c(OC)cc(-c3ccccc3)nc2c1. The van der Waals surface area contributed by atoms with Gasteiger partial charge in [0.05, 0.1) is 38.0 Å². The van der Waals surface area contributed by atoms with Crippen molar-refractivity contribution in [3.05, 3.63) is 67.3 Å². The van der Waals surface area contributed by atoms with Crippen LogP contribution in [0.25, 0.3) is 22.2 Å². The highest BCUT2D eigenvalue weighted by Gasteiger charge is 2.31. The van der Waals surface area contributed by atoms with Crippen LogP contribution in [0.4, 0.5) is 0 Å². The highest BCUT2D eigenvalue weighted by Crippen LogP contribution is 2.33. The third-order valence-electron chi connectivity index (χ3n) is 10.4. The number of esters is 1.